The van der Waals surface area contributed by atoms with Gasteiger partial charge in [-0.15, -0.1) is 0 Å². The van der Waals surface area contributed by atoms with Crippen LogP contribution in [0.15, 0.2) is 54.7 Å². The van der Waals surface area contributed by atoms with E-state index in [1.807, 2.05) is 0 Å². The minimum Gasteiger partial charge on any atom is -0.508 e. The fourth-order valence-corrected chi connectivity index (χ4v) is 3.90. The number of phenols is 1. The molecule has 0 radical (unpaired) electrons. The molecule has 0 saturated heterocycles. The first-order valence-corrected chi connectivity index (χ1v) is 10.3. The summed E-state index contributed by atoms with van der Waals surface area (Å²) in [6.07, 6.45) is 7.32. The zero-order valence-corrected chi connectivity index (χ0v) is 16.6. The minimum atomic E-state index is -0.294. The van der Waals surface area contributed by atoms with Gasteiger partial charge in [-0.3, -0.25) is 4.79 Å². The lowest BCUT2D eigenvalue weighted by Gasteiger charge is -2.23. The molecule has 30 heavy (non-hydrogen) atoms. The van der Waals surface area contributed by atoms with Gasteiger partial charge in [-0.25, -0.2) is 14.4 Å². The zero-order chi connectivity index (χ0) is 20.9. The summed E-state index contributed by atoms with van der Waals surface area (Å²) in [6, 6.07) is 12.8. The van der Waals surface area contributed by atoms with Gasteiger partial charge in [0, 0.05) is 11.5 Å². The van der Waals surface area contributed by atoms with Gasteiger partial charge in [0.25, 0.3) is 0 Å². The molecule has 1 aliphatic carbocycles. The van der Waals surface area contributed by atoms with E-state index in [9.17, 15) is 14.3 Å². The molecule has 6 heteroatoms. The van der Waals surface area contributed by atoms with Gasteiger partial charge >= 0.3 is 0 Å². The molecule has 2 N–H and O–H groups in total. The normalized spacial score (nSPS) is 14.4. The highest BCUT2D eigenvalue weighted by Gasteiger charge is 2.23. The van der Waals surface area contributed by atoms with Gasteiger partial charge in [-0.2, -0.15) is 0 Å². The molecule has 0 spiro atoms. The molecule has 1 amide bonds. The molecule has 1 fully saturated rings. The smallest absolute Gasteiger partial charge is 0.229 e. The van der Waals surface area contributed by atoms with Gasteiger partial charge in [-0.1, -0.05) is 31.4 Å². The first kappa shape index (κ1) is 20.0. The standard InChI is InChI=1S/C24H24FN3O2/c25-19-10-8-17(9-11-19)21-15-26-24(23(27-21)18-4-2-1-3-5-18)28-22(30)14-16-6-12-20(29)13-7-16/h6-13,15,18,29H,1-5,14H2,(H,26,28,30). The average Bonchev–Trinajstić information content (AvgIpc) is 2.77. The molecule has 4 rings (SSSR count). The number of benzene rings is 2. The Morgan fingerprint density at radius 1 is 1.03 bits per heavy atom. The number of hydrogen-bond donors (Lipinski definition) is 2. The summed E-state index contributed by atoms with van der Waals surface area (Å²) in [5.74, 6) is 0.437. The van der Waals surface area contributed by atoms with Crippen LogP contribution in [0, 0.1) is 5.82 Å². The summed E-state index contributed by atoms with van der Waals surface area (Å²) in [5.41, 5.74) is 3.08. The van der Waals surface area contributed by atoms with E-state index in [-0.39, 0.29) is 29.8 Å². The van der Waals surface area contributed by atoms with Crippen LogP contribution in [0.2, 0.25) is 0 Å². The molecule has 5 nitrogen and oxygen atoms in total. The number of amides is 1. The number of nitrogens with one attached hydrogen (secondary N) is 1. The molecule has 2 aromatic carbocycles. The van der Waals surface area contributed by atoms with Gasteiger partial charge in [0.15, 0.2) is 5.82 Å². The third-order valence-corrected chi connectivity index (χ3v) is 5.49. The maximum absolute atomic E-state index is 13.3. The van der Waals surface area contributed by atoms with Crippen molar-refractivity contribution < 1.29 is 14.3 Å². The third-order valence-electron chi connectivity index (χ3n) is 5.49. The van der Waals surface area contributed by atoms with Gasteiger partial charge in [0.1, 0.15) is 11.6 Å². The Bertz CT molecular complexity index is 1010. The SMILES string of the molecule is O=C(Cc1ccc(O)cc1)Nc1ncc(-c2ccc(F)cc2)nc1C1CCCCC1. The molecule has 3 aromatic rings. The lowest BCUT2D eigenvalue weighted by molar-refractivity contribution is -0.115. The first-order valence-electron chi connectivity index (χ1n) is 10.3. The van der Waals surface area contributed by atoms with E-state index in [0.29, 0.717) is 11.5 Å². The van der Waals surface area contributed by atoms with E-state index < -0.39 is 0 Å². The van der Waals surface area contributed by atoms with Crippen LogP contribution in [0.1, 0.15) is 49.3 Å². The molecule has 0 bridgehead atoms. The molecular weight excluding hydrogens is 381 g/mol. The van der Waals surface area contributed by atoms with Crippen LogP contribution in [0.25, 0.3) is 11.3 Å². The van der Waals surface area contributed by atoms with Crippen molar-refractivity contribution in [2.75, 3.05) is 5.32 Å². The monoisotopic (exact) mass is 405 g/mol. The Morgan fingerprint density at radius 3 is 2.43 bits per heavy atom. The van der Waals surface area contributed by atoms with E-state index in [0.717, 1.165) is 42.5 Å². The van der Waals surface area contributed by atoms with Crippen molar-refractivity contribution in [3.63, 3.8) is 0 Å². The van der Waals surface area contributed by atoms with Crippen molar-refractivity contribution in [3.05, 3.63) is 71.8 Å². The summed E-state index contributed by atoms with van der Waals surface area (Å²) in [6.45, 7) is 0. The van der Waals surface area contributed by atoms with Crippen molar-refractivity contribution >= 4 is 11.7 Å². The molecule has 0 atom stereocenters. The molecule has 1 aliphatic rings. The minimum absolute atomic E-state index is 0.168. The van der Waals surface area contributed by atoms with Crippen LogP contribution in [0.3, 0.4) is 0 Å². The first-order chi connectivity index (χ1) is 14.6. The van der Waals surface area contributed by atoms with E-state index in [4.69, 9.17) is 4.98 Å². The summed E-state index contributed by atoms with van der Waals surface area (Å²) in [5, 5.41) is 12.3. The van der Waals surface area contributed by atoms with Crippen molar-refractivity contribution in [2.24, 2.45) is 0 Å². The van der Waals surface area contributed by atoms with Gasteiger partial charge in [0.05, 0.1) is 24.0 Å². The van der Waals surface area contributed by atoms with E-state index in [1.165, 1.54) is 18.6 Å². The van der Waals surface area contributed by atoms with E-state index >= 15 is 0 Å². The van der Waals surface area contributed by atoms with Gasteiger partial charge < -0.3 is 10.4 Å². The predicted octanol–water partition coefficient (Wildman–Crippen LogP) is 5.22. The number of halogens is 1. The number of hydrogen-bond acceptors (Lipinski definition) is 4. The number of phenolic OH excluding ortho intramolecular Hbond substituents is 1. The number of rotatable bonds is 5. The topological polar surface area (TPSA) is 75.1 Å². The average molecular weight is 405 g/mol. The van der Waals surface area contributed by atoms with Crippen LogP contribution in [0.4, 0.5) is 10.2 Å². The number of aromatic nitrogens is 2. The molecule has 1 aromatic heterocycles. The van der Waals surface area contributed by atoms with Gasteiger partial charge in [0.2, 0.25) is 5.91 Å². The lowest BCUT2D eigenvalue weighted by atomic mass is 9.86. The van der Waals surface area contributed by atoms with E-state index in [2.05, 4.69) is 10.3 Å². The second-order valence-electron chi connectivity index (χ2n) is 7.72. The summed E-state index contributed by atoms with van der Waals surface area (Å²) < 4.78 is 13.3. The van der Waals surface area contributed by atoms with Crippen LogP contribution >= 0.6 is 0 Å². The number of anilines is 1. The van der Waals surface area contributed by atoms with Crippen LogP contribution in [0.5, 0.6) is 5.75 Å². The highest BCUT2D eigenvalue weighted by atomic mass is 19.1. The highest BCUT2D eigenvalue weighted by molar-refractivity contribution is 5.92. The van der Waals surface area contributed by atoms with E-state index in [1.54, 1.807) is 42.6 Å². The maximum atomic E-state index is 13.3. The number of nitrogens with zero attached hydrogens (tertiary/aromatic N) is 2. The van der Waals surface area contributed by atoms with Crippen molar-refractivity contribution in [1.82, 2.24) is 9.97 Å². The maximum Gasteiger partial charge on any atom is 0.229 e. The Kier molecular flexibility index (Phi) is 6.02. The second-order valence-corrected chi connectivity index (χ2v) is 7.72. The Hall–Kier alpha value is -3.28. The fourth-order valence-electron chi connectivity index (χ4n) is 3.90. The van der Waals surface area contributed by atoms with Crippen LogP contribution in [-0.4, -0.2) is 21.0 Å². The summed E-state index contributed by atoms with van der Waals surface area (Å²) in [7, 11) is 0. The Balaban J connectivity index is 1.59. The fraction of sp³-hybridized carbons (Fsp3) is 0.292. The van der Waals surface area contributed by atoms with Crippen molar-refractivity contribution in [1.29, 1.82) is 0 Å². The molecular formula is C24H24FN3O2. The molecule has 1 saturated carbocycles. The molecule has 1 heterocycles. The second kappa shape index (κ2) is 9.03. The summed E-state index contributed by atoms with van der Waals surface area (Å²) in [4.78, 5) is 22.0. The number of carbonyl (C=O) groups excluding carboxylic acids is 1. The predicted molar refractivity (Wildman–Crippen MR) is 114 cm³/mol. The number of aromatic hydroxyl groups is 1. The molecule has 0 unspecified atom stereocenters. The molecule has 0 aliphatic heterocycles. The quantitative estimate of drug-likeness (QED) is 0.610. The largest absolute Gasteiger partial charge is 0.508 e. The highest BCUT2D eigenvalue weighted by Crippen LogP contribution is 2.35. The van der Waals surface area contributed by atoms with Crippen molar-refractivity contribution in [3.8, 4) is 17.0 Å². The zero-order valence-electron chi connectivity index (χ0n) is 16.6. The Labute approximate surface area is 175 Å². The number of carbonyl (C=O) groups is 1. The van der Waals surface area contributed by atoms with Crippen LogP contribution in [-0.2, 0) is 11.2 Å². The van der Waals surface area contributed by atoms with Crippen LogP contribution < -0.4 is 5.32 Å². The third kappa shape index (κ3) is 4.82. The van der Waals surface area contributed by atoms with Gasteiger partial charge in [-0.05, 0) is 54.8 Å². The Morgan fingerprint density at radius 2 is 1.73 bits per heavy atom. The summed E-state index contributed by atoms with van der Waals surface area (Å²) >= 11 is 0. The lowest BCUT2D eigenvalue weighted by Crippen LogP contribution is -2.19. The molecule has 154 valence electrons. The van der Waals surface area contributed by atoms with Crippen molar-refractivity contribution in [2.45, 2.75) is 44.4 Å².